The van der Waals surface area contributed by atoms with Crippen LogP contribution in [0.1, 0.15) is 17.4 Å². The lowest BCUT2D eigenvalue weighted by Gasteiger charge is -2.11. The fourth-order valence-corrected chi connectivity index (χ4v) is 2.04. The van der Waals surface area contributed by atoms with Crippen molar-refractivity contribution in [3.8, 4) is 0 Å². The van der Waals surface area contributed by atoms with E-state index in [4.69, 9.17) is 9.47 Å². The van der Waals surface area contributed by atoms with Crippen LogP contribution in [0.25, 0.3) is 0 Å². The Kier molecular flexibility index (Phi) is 2.67. The molecule has 0 aromatic heterocycles. The first-order valence-corrected chi connectivity index (χ1v) is 5.06. The van der Waals surface area contributed by atoms with Crippen LogP contribution in [0.15, 0.2) is 22.7 Å². The third kappa shape index (κ3) is 1.93. The summed E-state index contributed by atoms with van der Waals surface area (Å²) in [5.74, 6) is 0. The Balaban J connectivity index is 2.29. The molecule has 0 saturated carbocycles. The normalized spacial score (nSPS) is 18.0. The molecule has 1 aromatic carbocycles. The molecule has 13 heavy (non-hydrogen) atoms. The quantitative estimate of drug-likeness (QED) is 0.755. The number of hydrogen-bond acceptors (Lipinski definition) is 2. The first-order chi connectivity index (χ1) is 6.27. The first-order valence-electron chi connectivity index (χ1n) is 4.26. The Morgan fingerprint density at radius 2 is 2.00 bits per heavy atom. The minimum Gasteiger partial charge on any atom is -0.346 e. The van der Waals surface area contributed by atoms with Crippen molar-refractivity contribution in [3.63, 3.8) is 0 Å². The number of aryl methyl sites for hydroxylation is 1. The minimum atomic E-state index is -0.185. The van der Waals surface area contributed by atoms with E-state index in [-0.39, 0.29) is 6.29 Å². The van der Waals surface area contributed by atoms with Crippen LogP contribution in [-0.4, -0.2) is 13.2 Å². The topological polar surface area (TPSA) is 18.5 Å². The van der Waals surface area contributed by atoms with E-state index in [1.807, 2.05) is 6.07 Å². The van der Waals surface area contributed by atoms with Crippen molar-refractivity contribution in [1.82, 2.24) is 0 Å². The molecule has 1 heterocycles. The molecule has 0 aliphatic carbocycles. The van der Waals surface area contributed by atoms with Crippen molar-refractivity contribution >= 4 is 15.9 Å². The lowest BCUT2D eigenvalue weighted by atomic mass is 10.1. The van der Waals surface area contributed by atoms with E-state index in [0.29, 0.717) is 13.2 Å². The van der Waals surface area contributed by atoms with E-state index in [2.05, 4.69) is 35.0 Å². The zero-order valence-electron chi connectivity index (χ0n) is 7.42. The second-order valence-corrected chi connectivity index (χ2v) is 3.95. The minimum absolute atomic E-state index is 0.185. The average Bonchev–Trinajstić information content (AvgIpc) is 2.56. The van der Waals surface area contributed by atoms with Crippen molar-refractivity contribution in [1.29, 1.82) is 0 Å². The highest BCUT2D eigenvalue weighted by Crippen LogP contribution is 2.30. The lowest BCUT2D eigenvalue weighted by molar-refractivity contribution is -0.0446. The second-order valence-electron chi connectivity index (χ2n) is 3.10. The van der Waals surface area contributed by atoms with Gasteiger partial charge in [-0.15, -0.1) is 0 Å². The van der Waals surface area contributed by atoms with Gasteiger partial charge < -0.3 is 9.47 Å². The van der Waals surface area contributed by atoms with Gasteiger partial charge in [-0.25, -0.2) is 0 Å². The molecule has 0 bridgehead atoms. The average molecular weight is 243 g/mol. The van der Waals surface area contributed by atoms with Crippen molar-refractivity contribution in [2.75, 3.05) is 13.2 Å². The zero-order valence-corrected chi connectivity index (χ0v) is 9.00. The standard InChI is InChI=1S/C10H11BrO2/c1-7-2-3-8(9(11)6-7)10-12-4-5-13-10/h2-3,6,10H,4-5H2,1H3. The molecule has 1 aromatic rings. The third-order valence-corrected chi connectivity index (χ3v) is 2.72. The summed E-state index contributed by atoms with van der Waals surface area (Å²) in [6.07, 6.45) is -0.185. The summed E-state index contributed by atoms with van der Waals surface area (Å²) in [4.78, 5) is 0. The van der Waals surface area contributed by atoms with E-state index in [1.165, 1.54) is 5.56 Å². The maximum atomic E-state index is 5.41. The molecule has 3 heteroatoms. The zero-order chi connectivity index (χ0) is 9.26. The third-order valence-electron chi connectivity index (χ3n) is 2.03. The predicted octanol–water partition coefficient (Wildman–Crippen LogP) is 2.80. The first kappa shape index (κ1) is 9.19. The van der Waals surface area contributed by atoms with Gasteiger partial charge in [0, 0.05) is 10.0 Å². The van der Waals surface area contributed by atoms with Gasteiger partial charge in [-0.1, -0.05) is 28.1 Å². The molecule has 1 fully saturated rings. The van der Waals surface area contributed by atoms with Crippen molar-refractivity contribution in [2.45, 2.75) is 13.2 Å². The number of ether oxygens (including phenoxy) is 2. The molecule has 0 radical (unpaired) electrons. The van der Waals surface area contributed by atoms with Gasteiger partial charge in [-0.05, 0) is 18.6 Å². The molecule has 0 amide bonds. The molecule has 1 aliphatic heterocycles. The van der Waals surface area contributed by atoms with Gasteiger partial charge in [0.2, 0.25) is 0 Å². The molecule has 0 N–H and O–H groups in total. The summed E-state index contributed by atoms with van der Waals surface area (Å²) in [5, 5.41) is 0. The van der Waals surface area contributed by atoms with Gasteiger partial charge in [0.1, 0.15) is 0 Å². The van der Waals surface area contributed by atoms with Crippen molar-refractivity contribution in [2.24, 2.45) is 0 Å². The van der Waals surface area contributed by atoms with Gasteiger partial charge in [-0.3, -0.25) is 0 Å². The maximum Gasteiger partial charge on any atom is 0.185 e. The van der Waals surface area contributed by atoms with Crippen LogP contribution in [0.2, 0.25) is 0 Å². The van der Waals surface area contributed by atoms with E-state index in [0.717, 1.165) is 10.0 Å². The molecule has 0 atom stereocenters. The molecule has 2 rings (SSSR count). The molecular weight excluding hydrogens is 232 g/mol. The monoisotopic (exact) mass is 242 g/mol. The van der Waals surface area contributed by atoms with Crippen LogP contribution in [-0.2, 0) is 9.47 Å². The number of benzene rings is 1. The SMILES string of the molecule is Cc1ccc(C2OCCO2)c(Br)c1. The highest BCUT2D eigenvalue weighted by molar-refractivity contribution is 9.10. The highest BCUT2D eigenvalue weighted by atomic mass is 79.9. The summed E-state index contributed by atoms with van der Waals surface area (Å²) < 4.78 is 11.9. The summed E-state index contributed by atoms with van der Waals surface area (Å²) in [6.45, 7) is 3.43. The Hall–Kier alpha value is -0.380. The molecule has 1 saturated heterocycles. The van der Waals surface area contributed by atoms with E-state index < -0.39 is 0 Å². The van der Waals surface area contributed by atoms with Crippen LogP contribution in [0.5, 0.6) is 0 Å². The van der Waals surface area contributed by atoms with Crippen LogP contribution < -0.4 is 0 Å². The van der Waals surface area contributed by atoms with Crippen LogP contribution in [0, 0.1) is 6.92 Å². The fourth-order valence-electron chi connectivity index (χ4n) is 1.36. The van der Waals surface area contributed by atoms with E-state index in [9.17, 15) is 0 Å². The van der Waals surface area contributed by atoms with Gasteiger partial charge in [-0.2, -0.15) is 0 Å². The lowest BCUT2D eigenvalue weighted by Crippen LogP contribution is -1.98. The smallest absolute Gasteiger partial charge is 0.185 e. The summed E-state index contributed by atoms with van der Waals surface area (Å²) in [7, 11) is 0. The van der Waals surface area contributed by atoms with E-state index >= 15 is 0 Å². The molecular formula is C10H11BrO2. The largest absolute Gasteiger partial charge is 0.346 e. The number of halogens is 1. The predicted molar refractivity (Wildman–Crippen MR) is 53.5 cm³/mol. The van der Waals surface area contributed by atoms with Gasteiger partial charge >= 0.3 is 0 Å². The van der Waals surface area contributed by atoms with Crippen molar-refractivity contribution in [3.05, 3.63) is 33.8 Å². The van der Waals surface area contributed by atoms with Gasteiger partial charge in [0.25, 0.3) is 0 Å². The summed E-state index contributed by atoms with van der Waals surface area (Å²) in [6, 6.07) is 6.17. The summed E-state index contributed by atoms with van der Waals surface area (Å²) in [5.41, 5.74) is 2.30. The molecule has 0 unspecified atom stereocenters. The highest BCUT2D eigenvalue weighted by Gasteiger charge is 2.20. The molecule has 1 aliphatic rings. The Morgan fingerprint density at radius 3 is 2.62 bits per heavy atom. The van der Waals surface area contributed by atoms with Crippen LogP contribution in [0.4, 0.5) is 0 Å². The number of rotatable bonds is 1. The molecule has 70 valence electrons. The van der Waals surface area contributed by atoms with Gasteiger partial charge in [0.15, 0.2) is 6.29 Å². The van der Waals surface area contributed by atoms with Crippen LogP contribution in [0.3, 0.4) is 0 Å². The Labute approximate surface area is 86.0 Å². The second kappa shape index (κ2) is 3.78. The number of hydrogen-bond donors (Lipinski definition) is 0. The maximum absolute atomic E-state index is 5.41. The van der Waals surface area contributed by atoms with Crippen molar-refractivity contribution < 1.29 is 9.47 Å². The molecule has 2 nitrogen and oxygen atoms in total. The van der Waals surface area contributed by atoms with E-state index in [1.54, 1.807) is 0 Å². The Bertz CT molecular complexity index is 306. The summed E-state index contributed by atoms with van der Waals surface area (Å²) >= 11 is 3.50. The molecule has 0 spiro atoms. The Morgan fingerprint density at radius 1 is 1.31 bits per heavy atom. The van der Waals surface area contributed by atoms with Gasteiger partial charge in [0.05, 0.1) is 13.2 Å². The fraction of sp³-hybridized carbons (Fsp3) is 0.400. The van der Waals surface area contributed by atoms with Crippen LogP contribution >= 0.6 is 15.9 Å².